The molecule has 4 heteroatoms. The predicted molar refractivity (Wildman–Crippen MR) is 59.5 cm³/mol. The summed E-state index contributed by atoms with van der Waals surface area (Å²) >= 11 is 5.62. The van der Waals surface area contributed by atoms with Gasteiger partial charge in [0.1, 0.15) is 5.82 Å². The van der Waals surface area contributed by atoms with Crippen molar-refractivity contribution in [3.8, 4) is 0 Å². The zero-order valence-corrected chi connectivity index (χ0v) is 9.67. The molecule has 0 radical (unpaired) electrons. The molecule has 0 unspecified atom stereocenters. The average molecular weight is 216 g/mol. The normalized spacial score (nSPS) is 11.1. The predicted octanol–water partition coefficient (Wildman–Crippen LogP) is 1.87. The van der Waals surface area contributed by atoms with Crippen LogP contribution in [0.1, 0.15) is 18.7 Å². The van der Waals surface area contributed by atoms with Gasteiger partial charge in [0, 0.05) is 25.3 Å². The molecule has 80 valence electrons. The van der Waals surface area contributed by atoms with E-state index in [4.69, 9.17) is 11.6 Å². The Morgan fingerprint density at radius 1 is 1.50 bits per heavy atom. The highest BCUT2D eigenvalue weighted by molar-refractivity contribution is 6.17. The van der Waals surface area contributed by atoms with Crippen LogP contribution < -0.4 is 0 Å². The summed E-state index contributed by atoms with van der Waals surface area (Å²) in [5.41, 5.74) is 0. The molecule has 0 N–H and O–H groups in total. The maximum absolute atomic E-state index is 5.62. The fourth-order valence-corrected chi connectivity index (χ4v) is 1.53. The molecule has 1 rings (SSSR count). The minimum atomic E-state index is 0.760. The van der Waals surface area contributed by atoms with E-state index in [9.17, 15) is 0 Å². The molecule has 1 aromatic rings. The van der Waals surface area contributed by atoms with Crippen molar-refractivity contribution in [3.05, 3.63) is 18.2 Å². The number of aryl methyl sites for hydroxylation is 1. The molecule has 0 bridgehead atoms. The third-order valence-corrected chi connectivity index (χ3v) is 2.52. The highest BCUT2D eigenvalue weighted by Crippen LogP contribution is 2.01. The first kappa shape index (κ1) is 11.5. The topological polar surface area (TPSA) is 21.1 Å². The first-order valence-electron chi connectivity index (χ1n) is 4.94. The van der Waals surface area contributed by atoms with Gasteiger partial charge >= 0.3 is 0 Å². The summed E-state index contributed by atoms with van der Waals surface area (Å²) in [6.07, 6.45) is 6.06. The minimum Gasteiger partial charge on any atom is -0.337 e. The summed E-state index contributed by atoms with van der Waals surface area (Å²) < 4.78 is 2.05. The van der Waals surface area contributed by atoms with Crippen LogP contribution in [0.15, 0.2) is 12.4 Å². The molecule has 0 spiro atoms. The van der Waals surface area contributed by atoms with Crippen molar-refractivity contribution >= 4 is 11.6 Å². The molecule has 0 aliphatic carbocycles. The molecule has 0 saturated heterocycles. The first-order chi connectivity index (χ1) is 6.74. The highest BCUT2D eigenvalue weighted by Gasteiger charge is 2.03. The van der Waals surface area contributed by atoms with Gasteiger partial charge in [0.2, 0.25) is 0 Å². The number of rotatable bonds is 6. The van der Waals surface area contributed by atoms with Gasteiger partial charge in [-0.05, 0) is 26.4 Å². The second kappa shape index (κ2) is 6.04. The number of hydrogen-bond donors (Lipinski definition) is 0. The molecule has 1 heterocycles. The van der Waals surface area contributed by atoms with E-state index < -0.39 is 0 Å². The second-order valence-corrected chi connectivity index (χ2v) is 3.97. The number of alkyl halides is 1. The van der Waals surface area contributed by atoms with Crippen molar-refractivity contribution in [2.45, 2.75) is 19.4 Å². The number of aromatic nitrogens is 2. The van der Waals surface area contributed by atoms with E-state index in [1.807, 2.05) is 19.4 Å². The summed E-state index contributed by atoms with van der Waals surface area (Å²) in [4.78, 5) is 6.55. The van der Waals surface area contributed by atoms with E-state index in [1.54, 1.807) is 0 Å². The molecule has 0 atom stereocenters. The standard InChI is InChI=1S/C10H18ClN3/c1-13(7-4-3-5-11)9-10-12-6-8-14(10)2/h6,8H,3-5,7,9H2,1-2H3. The maximum Gasteiger partial charge on any atom is 0.122 e. The molecule has 1 aromatic heterocycles. The van der Waals surface area contributed by atoms with Gasteiger partial charge in [-0.2, -0.15) is 0 Å². The zero-order chi connectivity index (χ0) is 10.4. The Bertz CT molecular complexity index is 260. The molecule has 0 fully saturated rings. The quantitative estimate of drug-likeness (QED) is 0.534. The molecule has 14 heavy (non-hydrogen) atoms. The third-order valence-electron chi connectivity index (χ3n) is 2.26. The number of halogens is 1. The molecule has 0 aromatic carbocycles. The monoisotopic (exact) mass is 215 g/mol. The van der Waals surface area contributed by atoms with Crippen molar-refractivity contribution < 1.29 is 0 Å². The number of imidazole rings is 1. The molecule has 0 saturated carbocycles. The Morgan fingerprint density at radius 3 is 2.86 bits per heavy atom. The lowest BCUT2D eigenvalue weighted by molar-refractivity contribution is 0.309. The Hall–Kier alpha value is -0.540. The lowest BCUT2D eigenvalue weighted by Crippen LogP contribution is -2.21. The second-order valence-electron chi connectivity index (χ2n) is 3.59. The largest absolute Gasteiger partial charge is 0.337 e. The summed E-state index contributed by atoms with van der Waals surface area (Å²) in [7, 11) is 4.14. The van der Waals surface area contributed by atoms with Gasteiger partial charge in [0.25, 0.3) is 0 Å². The fourth-order valence-electron chi connectivity index (χ4n) is 1.35. The van der Waals surface area contributed by atoms with Gasteiger partial charge in [0.05, 0.1) is 6.54 Å². The van der Waals surface area contributed by atoms with Gasteiger partial charge in [-0.15, -0.1) is 11.6 Å². The number of unbranched alkanes of at least 4 members (excludes halogenated alkanes) is 1. The van der Waals surface area contributed by atoms with Crippen LogP contribution in [0, 0.1) is 0 Å². The number of nitrogens with zero attached hydrogens (tertiary/aromatic N) is 3. The Labute approximate surface area is 90.7 Å². The van der Waals surface area contributed by atoms with E-state index >= 15 is 0 Å². The van der Waals surface area contributed by atoms with Crippen LogP contribution in [0.25, 0.3) is 0 Å². The molecule has 0 aliphatic heterocycles. The molecule has 0 amide bonds. The molecule has 3 nitrogen and oxygen atoms in total. The lowest BCUT2D eigenvalue weighted by Gasteiger charge is -2.15. The van der Waals surface area contributed by atoms with Gasteiger partial charge in [0.15, 0.2) is 0 Å². The van der Waals surface area contributed by atoms with Crippen LogP contribution in [-0.4, -0.2) is 33.9 Å². The van der Waals surface area contributed by atoms with Crippen molar-refractivity contribution in [2.75, 3.05) is 19.5 Å². The number of hydrogen-bond acceptors (Lipinski definition) is 2. The van der Waals surface area contributed by atoms with Gasteiger partial charge in [-0.3, -0.25) is 4.90 Å². The summed E-state index contributed by atoms with van der Waals surface area (Å²) in [5, 5.41) is 0. The maximum atomic E-state index is 5.62. The van der Waals surface area contributed by atoms with E-state index in [1.165, 1.54) is 0 Å². The van der Waals surface area contributed by atoms with Crippen molar-refractivity contribution in [2.24, 2.45) is 7.05 Å². The van der Waals surface area contributed by atoms with E-state index in [2.05, 4.69) is 21.5 Å². The minimum absolute atomic E-state index is 0.760. The van der Waals surface area contributed by atoms with Gasteiger partial charge in [-0.25, -0.2) is 4.98 Å². The highest BCUT2D eigenvalue weighted by atomic mass is 35.5. The zero-order valence-electron chi connectivity index (χ0n) is 8.91. The van der Waals surface area contributed by atoms with Crippen LogP contribution in [0.3, 0.4) is 0 Å². The molecule has 0 aliphatic rings. The smallest absolute Gasteiger partial charge is 0.122 e. The van der Waals surface area contributed by atoms with E-state index in [0.717, 1.165) is 37.6 Å². The Kier molecular flexibility index (Phi) is 4.98. The van der Waals surface area contributed by atoms with Crippen molar-refractivity contribution in [3.63, 3.8) is 0 Å². The molecular formula is C10H18ClN3. The van der Waals surface area contributed by atoms with Gasteiger partial charge < -0.3 is 4.57 Å². The van der Waals surface area contributed by atoms with Crippen LogP contribution in [0.4, 0.5) is 0 Å². The SMILES string of the molecule is CN(CCCCCl)Cc1nccn1C. The van der Waals surface area contributed by atoms with Crippen molar-refractivity contribution in [1.29, 1.82) is 0 Å². The third kappa shape index (κ3) is 3.68. The van der Waals surface area contributed by atoms with Crippen LogP contribution in [0.2, 0.25) is 0 Å². The summed E-state index contributed by atoms with van der Waals surface area (Å²) in [5.74, 6) is 1.87. The fraction of sp³-hybridized carbons (Fsp3) is 0.700. The Morgan fingerprint density at radius 2 is 2.29 bits per heavy atom. The average Bonchev–Trinajstić information content (AvgIpc) is 2.52. The summed E-state index contributed by atoms with van der Waals surface area (Å²) in [6.45, 7) is 1.99. The summed E-state index contributed by atoms with van der Waals surface area (Å²) in [6, 6.07) is 0. The van der Waals surface area contributed by atoms with Crippen LogP contribution >= 0.6 is 11.6 Å². The van der Waals surface area contributed by atoms with E-state index in [0.29, 0.717) is 0 Å². The van der Waals surface area contributed by atoms with Gasteiger partial charge in [-0.1, -0.05) is 0 Å². The van der Waals surface area contributed by atoms with Crippen LogP contribution in [-0.2, 0) is 13.6 Å². The first-order valence-corrected chi connectivity index (χ1v) is 5.48. The van der Waals surface area contributed by atoms with E-state index in [-0.39, 0.29) is 0 Å². The Balaban J connectivity index is 2.27. The van der Waals surface area contributed by atoms with Crippen LogP contribution in [0.5, 0.6) is 0 Å². The molecular weight excluding hydrogens is 198 g/mol. The van der Waals surface area contributed by atoms with Crippen molar-refractivity contribution in [1.82, 2.24) is 14.5 Å². The lowest BCUT2D eigenvalue weighted by atomic mass is 10.3.